The summed E-state index contributed by atoms with van der Waals surface area (Å²) in [6.45, 7) is 0.255. The number of hydrogen-bond donors (Lipinski definition) is 1. The van der Waals surface area contributed by atoms with Gasteiger partial charge in [0.15, 0.2) is 0 Å². The number of halogens is 1. The van der Waals surface area contributed by atoms with Crippen LogP contribution in [0.15, 0.2) is 45.9 Å². The van der Waals surface area contributed by atoms with Crippen LogP contribution < -0.4 is 4.72 Å². The van der Waals surface area contributed by atoms with Gasteiger partial charge in [-0.1, -0.05) is 11.6 Å². The minimum atomic E-state index is -3.64. The highest BCUT2D eigenvalue weighted by molar-refractivity contribution is 7.89. The van der Waals surface area contributed by atoms with Gasteiger partial charge in [0.25, 0.3) is 5.91 Å². The largest absolute Gasteiger partial charge is 0.467 e. The van der Waals surface area contributed by atoms with E-state index in [1.54, 1.807) is 19.2 Å². The van der Waals surface area contributed by atoms with Crippen molar-refractivity contribution in [2.75, 3.05) is 14.1 Å². The molecule has 1 N–H and O–H groups in total. The third-order valence-electron chi connectivity index (χ3n) is 3.07. The number of hydrogen-bond acceptors (Lipinski definition) is 4. The molecule has 0 fully saturated rings. The van der Waals surface area contributed by atoms with Gasteiger partial charge in [-0.05, 0) is 37.4 Å². The molecule has 0 atom stereocenters. The lowest BCUT2D eigenvalue weighted by Crippen LogP contribution is -2.27. The van der Waals surface area contributed by atoms with Gasteiger partial charge in [-0.2, -0.15) is 0 Å². The van der Waals surface area contributed by atoms with E-state index in [9.17, 15) is 13.2 Å². The Labute approximate surface area is 133 Å². The number of amides is 1. The third kappa shape index (κ3) is 3.49. The van der Waals surface area contributed by atoms with Crippen LogP contribution in [0.3, 0.4) is 0 Å². The lowest BCUT2D eigenvalue weighted by Gasteiger charge is -2.17. The van der Waals surface area contributed by atoms with Crippen molar-refractivity contribution >= 4 is 27.5 Å². The Kier molecular flexibility index (Phi) is 4.90. The number of sulfonamides is 1. The summed E-state index contributed by atoms with van der Waals surface area (Å²) in [5.41, 5.74) is 0.118. The standard InChI is InChI=1S/C14H15ClN2O4S/c1-16-22(19,20)11-5-6-13(15)12(8-11)14(18)17(2)9-10-4-3-7-21-10/h3-8,16H,9H2,1-2H3. The van der Waals surface area contributed by atoms with E-state index in [0.717, 1.165) is 0 Å². The van der Waals surface area contributed by atoms with Crippen molar-refractivity contribution < 1.29 is 17.6 Å². The topological polar surface area (TPSA) is 79.6 Å². The molecule has 2 rings (SSSR count). The zero-order valence-corrected chi connectivity index (χ0v) is 13.6. The van der Waals surface area contributed by atoms with Crippen molar-refractivity contribution in [2.24, 2.45) is 0 Å². The first-order valence-electron chi connectivity index (χ1n) is 6.36. The van der Waals surface area contributed by atoms with E-state index in [2.05, 4.69) is 4.72 Å². The summed E-state index contributed by atoms with van der Waals surface area (Å²) in [4.78, 5) is 13.8. The molecule has 0 aliphatic carbocycles. The lowest BCUT2D eigenvalue weighted by molar-refractivity contribution is 0.0775. The molecule has 1 aromatic heterocycles. The summed E-state index contributed by atoms with van der Waals surface area (Å²) in [6.07, 6.45) is 1.51. The Morgan fingerprint density at radius 1 is 1.36 bits per heavy atom. The van der Waals surface area contributed by atoms with E-state index >= 15 is 0 Å². The van der Waals surface area contributed by atoms with Crippen LogP contribution in [0.5, 0.6) is 0 Å². The molecule has 0 spiro atoms. The fraction of sp³-hybridized carbons (Fsp3) is 0.214. The van der Waals surface area contributed by atoms with Gasteiger partial charge in [0.05, 0.1) is 28.3 Å². The summed E-state index contributed by atoms with van der Waals surface area (Å²) in [5, 5.41) is 0.186. The van der Waals surface area contributed by atoms with E-state index in [1.165, 1.54) is 36.4 Å². The Bertz CT molecular complexity index is 772. The Balaban J connectivity index is 2.31. The lowest BCUT2D eigenvalue weighted by atomic mass is 10.2. The van der Waals surface area contributed by atoms with Gasteiger partial charge in [0.2, 0.25) is 10.0 Å². The first-order chi connectivity index (χ1) is 10.3. The number of carbonyl (C=O) groups is 1. The van der Waals surface area contributed by atoms with Crippen molar-refractivity contribution in [1.29, 1.82) is 0 Å². The first kappa shape index (κ1) is 16.5. The number of nitrogens with one attached hydrogen (secondary N) is 1. The van der Waals surface area contributed by atoms with Crippen LogP contribution >= 0.6 is 11.6 Å². The molecule has 0 unspecified atom stereocenters. The van der Waals surface area contributed by atoms with Crippen LogP contribution in [0.2, 0.25) is 5.02 Å². The third-order valence-corrected chi connectivity index (χ3v) is 4.81. The molecular weight excluding hydrogens is 328 g/mol. The predicted octanol–water partition coefficient (Wildman–Crippen LogP) is 2.11. The molecule has 0 bridgehead atoms. The van der Waals surface area contributed by atoms with Crippen molar-refractivity contribution in [3.8, 4) is 0 Å². The van der Waals surface area contributed by atoms with Crippen molar-refractivity contribution in [3.63, 3.8) is 0 Å². The number of furan rings is 1. The van der Waals surface area contributed by atoms with E-state index in [0.29, 0.717) is 5.76 Å². The smallest absolute Gasteiger partial charge is 0.255 e. The van der Waals surface area contributed by atoms with Crippen LogP contribution in [0, 0.1) is 0 Å². The SMILES string of the molecule is CNS(=O)(=O)c1ccc(Cl)c(C(=O)N(C)Cc2ccco2)c1. The Morgan fingerprint density at radius 2 is 2.09 bits per heavy atom. The molecule has 22 heavy (non-hydrogen) atoms. The monoisotopic (exact) mass is 342 g/mol. The van der Waals surface area contributed by atoms with Crippen LogP contribution in [0.1, 0.15) is 16.1 Å². The molecule has 8 heteroatoms. The predicted molar refractivity (Wildman–Crippen MR) is 82.2 cm³/mol. The normalized spacial score (nSPS) is 11.4. The van der Waals surface area contributed by atoms with Gasteiger partial charge in [-0.25, -0.2) is 13.1 Å². The summed E-state index contributed by atoms with van der Waals surface area (Å²) >= 11 is 6.02. The molecule has 1 amide bonds. The Hall–Kier alpha value is -1.83. The summed E-state index contributed by atoms with van der Waals surface area (Å²) < 4.78 is 31.0. The fourth-order valence-corrected chi connectivity index (χ4v) is 2.82. The molecule has 0 aliphatic heterocycles. The van der Waals surface area contributed by atoms with Gasteiger partial charge >= 0.3 is 0 Å². The molecule has 2 aromatic rings. The number of rotatable bonds is 5. The van der Waals surface area contributed by atoms with Gasteiger partial charge in [0.1, 0.15) is 5.76 Å². The number of benzene rings is 1. The minimum absolute atomic E-state index is 0.0193. The molecule has 6 nitrogen and oxygen atoms in total. The van der Waals surface area contributed by atoms with Crippen molar-refractivity contribution in [3.05, 3.63) is 52.9 Å². The molecule has 0 aliphatic rings. The number of nitrogens with zero attached hydrogens (tertiary/aromatic N) is 1. The first-order valence-corrected chi connectivity index (χ1v) is 8.22. The second kappa shape index (κ2) is 6.51. The van der Waals surface area contributed by atoms with Gasteiger partial charge in [0, 0.05) is 7.05 Å². The molecule has 1 heterocycles. The Morgan fingerprint density at radius 3 is 2.68 bits per heavy atom. The molecule has 0 saturated heterocycles. The highest BCUT2D eigenvalue weighted by Gasteiger charge is 2.20. The van der Waals surface area contributed by atoms with E-state index in [-0.39, 0.29) is 22.0 Å². The minimum Gasteiger partial charge on any atom is -0.467 e. The van der Waals surface area contributed by atoms with Crippen molar-refractivity contribution in [1.82, 2.24) is 9.62 Å². The van der Waals surface area contributed by atoms with E-state index in [4.69, 9.17) is 16.0 Å². The zero-order valence-electron chi connectivity index (χ0n) is 12.0. The van der Waals surface area contributed by atoms with Crippen molar-refractivity contribution in [2.45, 2.75) is 11.4 Å². The second-order valence-corrected chi connectivity index (χ2v) is 6.88. The van der Waals surface area contributed by atoms with Crippen LogP contribution in [0.4, 0.5) is 0 Å². The van der Waals surface area contributed by atoms with Gasteiger partial charge in [-0.15, -0.1) is 0 Å². The summed E-state index contributed by atoms with van der Waals surface area (Å²) in [6, 6.07) is 7.46. The molecule has 1 aromatic carbocycles. The maximum absolute atomic E-state index is 12.4. The average Bonchev–Trinajstić information content (AvgIpc) is 2.99. The summed E-state index contributed by atoms with van der Waals surface area (Å²) in [7, 11) is -0.761. The maximum Gasteiger partial charge on any atom is 0.255 e. The van der Waals surface area contributed by atoms with E-state index in [1.807, 2.05) is 0 Å². The molecule has 118 valence electrons. The van der Waals surface area contributed by atoms with Crippen LogP contribution in [-0.2, 0) is 16.6 Å². The quantitative estimate of drug-likeness (QED) is 0.902. The maximum atomic E-state index is 12.4. The second-order valence-electron chi connectivity index (χ2n) is 4.59. The van der Waals surface area contributed by atoms with Gasteiger partial charge in [-0.3, -0.25) is 4.79 Å². The number of carbonyl (C=O) groups excluding carboxylic acids is 1. The highest BCUT2D eigenvalue weighted by atomic mass is 35.5. The molecule has 0 saturated carbocycles. The molecular formula is C14H15ClN2O4S. The van der Waals surface area contributed by atoms with Gasteiger partial charge < -0.3 is 9.32 Å². The highest BCUT2D eigenvalue weighted by Crippen LogP contribution is 2.22. The molecule has 0 radical (unpaired) electrons. The fourth-order valence-electron chi connectivity index (χ4n) is 1.87. The zero-order chi connectivity index (χ0) is 16.3. The average molecular weight is 343 g/mol. The van der Waals surface area contributed by atoms with Crippen LogP contribution in [0.25, 0.3) is 0 Å². The van der Waals surface area contributed by atoms with Crippen LogP contribution in [-0.4, -0.2) is 33.3 Å². The van der Waals surface area contributed by atoms with E-state index < -0.39 is 15.9 Å². The summed E-state index contributed by atoms with van der Waals surface area (Å²) in [5.74, 6) is 0.223.